The number of aryl methyl sites for hydroxylation is 1. The SMILES string of the molecule is CCOC(=O)[C@H](Sc1nnc(-c2cccc(C)c2)n1CC)c1ccccc1. The Kier molecular flexibility index (Phi) is 6.29. The zero-order chi connectivity index (χ0) is 19.2. The van der Waals surface area contributed by atoms with E-state index >= 15 is 0 Å². The summed E-state index contributed by atoms with van der Waals surface area (Å²) in [6, 6.07) is 17.8. The average Bonchev–Trinajstić information content (AvgIpc) is 3.09. The van der Waals surface area contributed by atoms with E-state index in [0.29, 0.717) is 18.3 Å². The highest BCUT2D eigenvalue weighted by atomic mass is 32.2. The van der Waals surface area contributed by atoms with Gasteiger partial charge in [0.05, 0.1) is 6.61 Å². The molecule has 3 rings (SSSR count). The van der Waals surface area contributed by atoms with Crippen LogP contribution in [0, 0.1) is 6.92 Å². The van der Waals surface area contributed by atoms with Gasteiger partial charge in [0.1, 0.15) is 5.25 Å². The predicted molar refractivity (Wildman–Crippen MR) is 108 cm³/mol. The summed E-state index contributed by atoms with van der Waals surface area (Å²) in [6.07, 6.45) is 0. The maximum atomic E-state index is 12.6. The Morgan fingerprint density at radius 1 is 1.11 bits per heavy atom. The maximum absolute atomic E-state index is 12.6. The van der Waals surface area contributed by atoms with Crippen molar-refractivity contribution in [1.82, 2.24) is 14.8 Å². The minimum Gasteiger partial charge on any atom is -0.465 e. The van der Waals surface area contributed by atoms with Gasteiger partial charge in [0.2, 0.25) is 0 Å². The maximum Gasteiger partial charge on any atom is 0.324 e. The molecule has 3 aromatic rings. The molecule has 0 aliphatic heterocycles. The Morgan fingerprint density at radius 2 is 1.89 bits per heavy atom. The molecule has 0 saturated heterocycles. The molecule has 0 spiro atoms. The van der Waals surface area contributed by atoms with Crippen LogP contribution in [-0.2, 0) is 16.1 Å². The first-order valence-electron chi connectivity index (χ1n) is 9.02. The van der Waals surface area contributed by atoms with Crippen LogP contribution in [0.5, 0.6) is 0 Å². The van der Waals surface area contributed by atoms with Crippen molar-refractivity contribution in [1.29, 1.82) is 0 Å². The highest BCUT2D eigenvalue weighted by Gasteiger charge is 2.26. The molecule has 5 nitrogen and oxygen atoms in total. The van der Waals surface area contributed by atoms with Crippen molar-refractivity contribution in [2.45, 2.75) is 37.7 Å². The summed E-state index contributed by atoms with van der Waals surface area (Å²) in [5, 5.41) is 8.98. The van der Waals surface area contributed by atoms with Crippen molar-refractivity contribution in [3.8, 4) is 11.4 Å². The van der Waals surface area contributed by atoms with Crippen molar-refractivity contribution in [2.75, 3.05) is 6.61 Å². The highest BCUT2D eigenvalue weighted by Crippen LogP contribution is 2.36. The number of carbonyl (C=O) groups is 1. The van der Waals surface area contributed by atoms with E-state index in [1.54, 1.807) is 0 Å². The number of hydrogen-bond donors (Lipinski definition) is 0. The third kappa shape index (κ3) is 4.39. The van der Waals surface area contributed by atoms with Gasteiger partial charge in [-0.1, -0.05) is 65.9 Å². The number of esters is 1. The van der Waals surface area contributed by atoms with Crippen LogP contribution in [0.15, 0.2) is 59.8 Å². The van der Waals surface area contributed by atoms with Crippen LogP contribution in [0.3, 0.4) is 0 Å². The molecule has 0 unspecified atom stereocenters. The lowest BCUT2D eigenvalue weighted by molar-refractivity contribution is -0.142. The predicted octanol–water partition coefficient (Wildman–Crippen LogP) is 4.67. The van der Waals surface area contributed by atoms with Gasteiger partial charge in [0, 0.05) is 12.1 Å². The number of aromatic nitrogens is 3. The summed E-state index contributed by atoms with van der Waals surface area (Å²) in [6.45, 7) is 6.97. The van der Waals surface area contributed by atoms with E-state index in [0.717, 1.165) is 17.0 Å². The molecular formula is C21H23N3O2S. The van der Waals surface area contributed by atoms with Gasteiger partial charge in [0.25, 0.3) is 0 Å². The van der Waals surface area contributed by atoms with E-state index in [4.69, 9.17) is 4.74 Å². The van der Waals surface area contributed by atoms with Crippen LogP contribution < -0.4 is 0 Å². The Morgan fingerprint density at radius 3 is 2.56 bits per heavy atom. The quantitative estimate of drug-likeness (QED) is 0.440. The summed E-state index contributed by atoms with van der Waals surface area (Å²) in [5.74, 6) is 0.538. The zero-order valence-electron chi connectivity index (χ0n) is 15.8. The molecule has 1 heterocycles. The molecule has 1 atom stereocenters. The second-order valence-corrected chi connectivity index (χ2v) is 7.15. The molecule has 6 heteroatoms. The fourth-order valence-electron chi connectivity index (χ4n) is 2.86. The second-order valence-electron chi connectivity index (χ2n) is 6.08. The standard InChI is InChI=1S/C21H23N3O2S/c1-4-24-19(17-13-9-10-15(3)14-17)22-23-21(24)27-18(20(25)26-5-2)16-11-7-6-8-12-16/h6-14,18H,4-5H2,1-3H3/t18-/m1/s1. The molecule has 0 bridgehead atoms. The van der Waals surface area contributed by atoms with Gasteiger partial charge in [-0.2, -0.15) is 0 Å². The Labute approximate surface area is 163 Å². The van der Waals surface area contributed by atoms with Crippen molar-refractivity contribution in [2.24, 2.45) is 0 Å². The molecule has 0 aliphatic carbocycles. The molecule has 27 heavy (non-hydrogen) atoms. The Balaban J connectivity index is 1.96. The highest BCUT2D eigenvalue weighted by molar-refractivity contribution is 8.00. The van der Waals surface area contributed by atoms with Crippen LogP contribution >= 0.6 is 11.8 Å². The van der Waals surface area contributed by atoms with Gasteiger partial charge < -0.3 is 9.30 Å². The lowest BCUT2D eigenvalue weighted by Crippen LogP contribution is -2.14. The molecule has 2 aromatic carbocycles. The number of ether oxygens (including phenoxy) is 1. The molecule has 0 amide bonds. The van der Waals surface area contributed by atoms with Crippen LogP contribution in [0.1, 0.15) is 30.2 Å². The van der Waals surface area contributed by atoms with Gasteiger partial charge in [-0.05, 0) is 32.4 Å². The Bertz CT molecular complexity index is 909. The topological polar surface area (TPSA) is 57.0 Å². The average molecular weight is 382 g/mol. The second kappa shape index (κ2) is 8.86. The molecule has 0 radical (unpaired) electrons. The number of hydrogen-bond acceptors (Lipinski definition) is 5. The molecule has 0 aliphatic rings. The number of rotatable bonds is 7. The van der Waals surface area contributed by atoms with Crippen molar-refractivity contribution >= 4 is 17.7 Å². The third-order valence-electron chi connectivity index (χ3n) is 4.14. The smallest absolute Gasteiger partial charge is 0.324 e. The summed E-state index contributed by atoms with van der Waals surface area (Å²) >= 11 is 1.38. The van der Waals surface area contributed by atoms with Crippen molar-refractivity contribution in [3.63, 3.8) is 0 Å². The fourth-order valence-corrected chi connectivity index (χ4v) is 3.96. The summed E-state index contributed by atoms with van der Waals surface area (Å²) in [7, 11) is 0. The molecule has 0 fully saturated rings. The van der Waals surface area contributed by atoms with Crippen molar-refractivity contribution < 1.29 is 9.53 Å². The van der Waals surface area contributed by atoms with Gasteiger partial charge in [-0.3, -0.25) is 4.79 Å². The van der Waals surface area contributed by atoms with Crippen LogP contribution in [-0.4, -0.2) is 27.3 Å². The van der Waals surface area contributed by atoms with Crippen LogP contribution in [0.4, 0.5) is 0 Å². The number of nitrogens with zero attached hydrogens (tertiary/aromatic N) is 3. The Hall–Kier alpha value is -2.60. The zero-order valence-corrected chi connectivity index (χ0v) is 16.6. The van der Waals surface area contributed by atoms with E-state index in [1.807, 2.05) is 54.0 Å². The van der Waals surface area contributed by atoms with E-state index < -0.39 is 5.25 Å². The lowest BCUT2D eigenvalue weighted by atomic mass is 10.1. The summed E-state index contributed by atoms with van der Waals surface area (Å²) < 4.78 is 7.33. The number of carbonyl (C=O) groups excluding carboxylic acids is 1. The molecule has 140 valence electrons. The normalized spacial score (nSPS) is 12.0. The van der Waals surface area contributed by atoms with Gasteiger partial charge in [-0.25, -0.2) is 0 Å². The first kappa shape index (κ1) is 19.2. The minimum atomic E-state index is -0.481. The van der Waals surface area contributed by atoms with E-state index in [9.17, 15) is 4.79 Å². The fraction of sp³-hybridized carbons (Fsp3) is 0.286. The van der Waals surface area contributed by atoms with Gasteiger partial charge >= 0.3 is 5.97 Å². The molecular weight excluding hydrogens is 358 g/mol. The molecule has 1 aromatic heterocycles. The molecule has 0 saturated carbocycles. The summed E-state index contributed by atoms with van der Waals surface area (Å²) in [4.78, 5) is 12.6. The monoisotopic (exact) mass is 381 g/mol. The van der Waals surface area contributed by atoms with E-state index in [1.165, 1.54) is 17.3 Å². The first-order chi connectivity index (χ1) is 13.1. The number of benzene rings is 2. The number of thioether (sulfide) groups is 1. The van der Waals surface area contributed by atoms with E-state index in [-0.39, 0.29) is 5.97 Å². The van der Waals surface area contributed by atoms with E-state index in [2.05, 4.69) is 36.2 Å². The lowest BCUT2D eigenvalue weighted by Gasteiger charge is -2.16. The largest absolute Gasteiger partial charge is 0.465 e. The van der Waals surface area contributed by atoms with Crippen molar-refractivity contribution in [3.05, 3.63) is 65.7 Å². The minimum absolute atomic E-state index is 0.267. The van der Waals surface area contributed by atoms with Crippen LogP contribution in [0.25, 0.3) is 11.4 Å². The summed E-state index contributed by atoms with van der Waals surface area (Å²) in [5.41, 5.74) is 3.08. The van der Waals surface area contributed by atoms with Crippen LogP contribution in [0.2, 0.25) is 0 Å². The van der Waals surface area contributed by atoms with Gasteiger partial charge in [-0.15, -0.1) is 10.2 Å². The molecule has 0 N–H and O–H groups in total. The third-order valence-corrected chi connectivity index (χ3v) is 5.35. The van der Waals surface area contributed by atoms with Gasteiger partial charge in [0.15, 0.2) is 11.0 Å². The first-order valence-corrected chi connectivity index (χ1v) is 9.90.